The van der Waals surface area contributed by atoms with Gasteiger partial charge in [0.2, 0.25) is 0 Å². The molecule has 0 radical (unpaired) electrons. The molecule has 18 heavy (non-hydrogen) atoms. The molecule has 2 atom stereocenters. The Labute approximate surface area is 107 Å². The summed E-state index contributed by atoms with van der Waals surface area (Å²) in [6, 6.07) is 1.79. The van der Waals surface area contributed by atoms with E-state index in [-0.39, 0.29) is 10.6 Å². The fourth-order valence-electron chi connectivity index (χ4n) is 1.25. The molecule has 1 aromatic carbocycles. The van der Waals surface area contributed by atoms with Gasteiger partial charge in [0.1, 0.15) is 5.82 Å². The molecule has 0 saturated carbocycles. The number of nitrogens with one attached hydrogen (secondary N) is 1. The summed E-state index contributed by atoms with van der Waals surface area (Å²) in [6.07, 6.45) is -1.26. The van der Waals surface area contributed by atoms with E-state index in [0.29, 0.717) is 0 Å². The Kier molecular flexibility index (Phi) is 4.63. The molecular weight excluding hydrogens is 265 g/mol. The number of amides is 1. The van der Waals surface area contributed by atoms with Crippen LogP contribution in [0.2, 0.25) is 5.02 Å². The molecule has 1 amide bonds. The average Bonchev–Trinajstić information content (AvgIpc) is 2.28. The zero-order chi connectivity index (χ0) is 13.9. The number of halogens is 2. The Morgan fingerprint density at radius 1 is 1.44 bits per heavy atom. The van der Waals surface area contributed by atoms with Gasteiger partial charge in [0.05, 0.1) is 11.1 Å². The third kappa shape index (κ3) is 3.41. The van der Waals surface area contributed by atoms with E-state index < -0.39 is 29.8 Å². The minimum Gasteiger partial charge on any atom is -0.480 e. The lowest BCUT2D eigenvalue weighted by Gasteiger charge is -2.17. The largest absolute Gasteiger partial charge is 0.480 e. The zero-order valence-corrected chi connectivity index (χ0v) is 10.1. The highest BCUT2D eigenvalue weighted by molar-refractivity contribution is 6.31. The van der Waals surface area contributed by atoms with E-state index in [1.54, 1.807) is 0 Å². The number of hydrogen-bond acceptors (Lipinski definition) is 3. The predicted octanol–water partition coefficient (Wildman–Crippen LogP) is 1.04. The van der Waals surface area contributed by atoms with Crippen molar-refractivity contribution in [3.63, 3.8) is 0 Å². The van der Waals surface area contributed by atoms with Gasteiger partial charge in [-0.05, 0) is 25.1 Å². The number of aliphatic carboxylic acids is 1. The highest BCUT2D eigenvalue weighted by Crippen LogP contribution is 2.16. The summed E-state index contributed by atoms with van der Waals surface area (Å²) in [5.41, 5.74) is 0.00769. The molecule has 3 N–H and O–H groups in total. The molecule has 0 spiro atoms. The fourth-order valence-corrected chi connectivity index (χ4v) is 1.43. The molecule has 1 rings (SSSR count). The minimum atomic E-state index is -1.44. The molecule has 0 fully saturated rings. The van der Waals surface area contributed by atoms with Gasteiger partial charge in [0.25, 0.3) is 5.91 Å². The Bertz CT molecular complexity index is 478. The lowest BCUT2D eigenvalue weighted by molar-refractivity contribution is -0.141. The second-order valence-corrected chi connectivity index (χ2v) is 4.07. The summed E-state index contributed by atoms with van der Waals surface area (Å²) in [4.78, 5) is 22.4. The number of benzene rings is 1. The van der Waals surface area contributed by atoms with Crippen LogP contribution in [-0.4, -0.2) is 34.2 Å². The van der Waals surface area contributed by atoms with Crippen LogP contribution in [0.3, 0.4) is 0 Å². The van der Waals surface area contributed by atoms with Crippen LogP contribution in [0, 0.1) is 5.82 Å². The third-order valence-electron chi connectivity index (χ3n) is 2.22. The van der Waals surface area contributed by atoms with E-state index in [9.17, 15) is 19.1 Å². The monoisotopic (exact) mass is 275 g/mol. The van der Waals surface area contributed by atoms with Crippen LogP contribution in [0.25, 0.3) is 0 Å². The van der Waals surface area contributed by atoms with Gasteiger partial charge in [-0.15, -0.1) is 0 Å². The number of rotatable bonds is 4. The summed E-state index contributed by atoms with van der Waals surface area (Å²) >= 11 is 5.50. The fraction of sp³-hybridized carbons (Fsp3) is 0.273. The van der Waals surface area contributed by atoms with Gasteiger partial charge in [0.15, 0.2) is 6.04 Å². The highest BCUT2D eigenvalue weighted by atomic mass is 35.5. The van der Waals surface area contributed by atoms with Crippen molar-refractivity contribution in [2.45, 2.75) is 19.1 Å². The summed E-state index contributed by atoms with van der Waals surface area (Å²) in [5, 5.41) is 19.8. The molecule has 0 aliphatic rings. The molecule has 0 aliphatic carbocycles. The van der Waals surface area contributed by atoms with Crippen LogP contribution in [0.4, 0.5) is 4.39 Å². The summed E-state index contributed by atoms with van der Waals surface area (Å²) in [7, 11) is 0. The average molecular weight is 276 g/mol. The summed E-state index contributed by atoms with van der Waals surface area (Å²) < 4.78 is 12.9. The zero-order valence-electron chi connectivity index (χ0n) is 9.35. The van der Waals surface area contributed by atoms with Gasteiger partial charge in [-0.2, -0.15) is 0 Å². The topological polar surface area (TPSA) is 86.6 Å². The lowest BCUT2D eigenvalue weighted by Crippen LogP contribution is -2.47. The highest BCUT2D eigenvalue weighted by Gasteiger charge is 2.25. The molecule has 2 unspecified atom stereocenters. The first kappa shape index (κ1) is 14.4. The van der Waals surface area contributed by atoms with Crippen LogP contribution in [0.1, 0.15) is 17.3 Å². The molecule has 98 valence electrons. The van der Waals surface area contributed by atoms with Gasteiger partial charge < -0.3 is 15.5 Å². The van der Waals surface area contributed by atoms with Crippen molar-refractivity contribution in [1.29, 1.82) is 0 Å². The molecule has 0 aliphatic heterocycles. The Morgan fingerprint density at radius 2 is 2.06 bits per heavy atom. The first-order valence-corrected chi connectivity index (χ1v) is 5.37. The molecule has 0 saturated heterocycles. The van der Waals surface area contributed by atoms with E-state index in [2.05, 4.69) is 5.32 Å². The molecule has 1 aromatic rings. The number of aliphatic hydroxyl groups is 1. The first-order valence-electron chi connectivity index (χ1n) is 4.99. The lowest BCUT2D eigenvalue weighted by atomic mass is 10.1. The van der Waals surface area contributed by atoms with Gasteiger partial charge >= 0.3 is 5.97 Å². The van der Waals surface area contributed by atoms with Gasteiger partial charge in [-0.25, -0.2) is 9.18 Å². The SMILES string of the molecule is CC(O)C(NC(=O)c1ccc(F)c(Cl)c1)C(=O)O. The summed E-state index contributed by atoms with van der Waals surface area (Å²) in [5.74, 6) is -2.81. The van der Waals surface area contributed by atoms with Crippen LogP contribution in [0.15, 0.2) is 18.2 Å². The molecule has 5 nitrogen and oxygen atoms in total. The molecule has 0 bridgehead atoms. The quantitative estimate of drug-likeness (QED) is 0.766. The smallest absolute Gasteiger partial charge is 0.328 e. The first-order chi connectivity index (χ1) is 8.32. The number of aliphatic hydroxyl groups excluding tert-OH is 1. The van der Waals surface area contributed by atoms with Gasteiger partial charge in [-0.3, -0.25) is 4.79 Å². The number of carbonyl (C=O) groups excluding carboxylic acids is 1. The van der Waals surface area contributed by atoms with Crippen LogP contribution in [0.5, 0.6) is 0 Å². The minimum absolute atomic E-state index is 0.00769. The van der Waals surface area contributed by atoms with Crippen LogP contribution < -0.4 is 5.32 Å². The van der Waals surface area contributed by atoms with Crippen molar-refractivity contribution >= 4 is 23.5 Å². The maximum absolute atomic E-state index is 12.9. The number of hydrogen-bond donors (Lipinski definition) is 3. The maximum Gasteiger partial charge on any atom is 0.328 e. The van der Waals surface area contributed by atoms with Crippen molar-refractivity contribution < 1.29 is 24.2 Å². The Hall–Kier alpha value is -1.66. The van der Waals surface area contributed by atoms with E-state index in [1.165, 1.54) is 6.92 Å². The molecule has 7 heteroatoms. The van der Waals surface area contributed by atoms with E-state index in [1.807, 2.05) is 0 Å². The van der Waals surface area contributed by atoms with Crippen molar-refractivity contribution in [3.05, 3.63) is 34.6 Å². The van der Waals surface area contributed by atoms with Crippen LogP contribution >= 0.6 is 11.6 Å². The molecule has 0 aromatic heterocycles. The Morgan fingerprint density at radius 3 is 2.50 bits per heavy atom. The Balaban J connectivity index is 2.87. The number of carboxylic acids is 1. The van der Waals surface area contributed by atoms with Gasteiger partial charge in [0, 0.05) is 5.56 Å². The van der Waals surface area contributed by atoms with E-state index >= 15 is 0 Å². The van der Waals surface area contributed by atoms with Crippen molar-refractivity contribution in [2.75, 3.05) is 0 Å². The molecule has 0 heterocycles. The van der Waals surface area contributed by atoms with Gasteiger partial charge in [-0.1, -0.05) is 11.6 Å². The van der Waals surface area contributed by atoms with Crippen molar-refractivity contribution in [1.82, 2.24) is 5.32 Å². The number of carbonyl (C=O) groups is 2. The molecular formula is C11H11ClFNO4. The van der Waals surface area contributed by atoms with E-state index in [0.717, 1.165) is 18.2 Å². The van der Waals surface area contributed by atoms with Crippen LogP contribution in [-0.2, 0) is 4.79 Å². The third-order valence-corrected chi connectivity index (χ3v) is 2.51. The maximum atomic E-state index is 12.9. The standard InChI is InChI=1S/C11H11ClFNO4/c1-5(15)9(11(17)18)14-10(16)6-2-3-8(13)7(12)4-6/h2-5,9,15H,1H3,(H,14,16)(H,17,18). The number of carboxylic acid groups (broad SMARTS) is 1. The summed E-state index contributed by atoms with van der Waals surface area (Å²) in [6.45, 7) is 1.23. The normalized spacial score (nSPS) is 13.8. The van der Waals surface area contributed by atoms with Crippen molar-refractivity contribution in [2.24, 2.45) is 0 Å². The second kappa shape index (κ2) is 5.79. The van der Waals surface area contributed by atoms with Crippen molar-refractivity contribution in [3.8, 4) is 0 Å². The predicted molar refractivity (Wildman–Crippen MR) is 62.0 cm³/mol. The van der Waals surface area contributed by atoms with E-state index in [4.69, 9.17) is 16.7 Å². The second-order valence-electron chi connectivity index (χ2n) is 3.66.